The Morgan fingerprint density at radius 3 is 2.84 bits per heavy atom. The monoisotopic (exact) mass is 341 g/mol. The Bertz CT molecular complexity index is 702. The van der Waals surface area contributed by atoms with Gasteiger partial charge in [-0.2, -0.15) is 0 Å². The summed E-state index contributed by atoms with van der Waals surface area (Å²) in [5, 5.41) is 2.97. The fourth-order valence-corrected chi connectivity index (χ4v) is 4.66. The van der Waals surface area contributed by atoms with Crippen molar-refractivity contribution in [3.05, 3.63) is 34.9 Å². The molecule has 5 heteroatoms. The molecule has 2 amide bonds. The molecule has 2 aliphatic heterocycles. The number of piperazine rings is 1. The van der Waals surface area contributed by atoms with Crippen LogP contribution < -0.4 is 5.32 Å². The number of likely N-dealkylation sites (N-methyl/N-ethyl adjacent to an activating group) is 1. The highest BCUT2D eigenvalue weighted by Crippen LogP contribution is 2.31. The first kappa shape index (κ1) is 16.6. The molecule has 0 aromatic heterocycles. The zero-order valence-electron chi connectivity index (χ0n) is 15.0. The van der Waals surface area contributed by atoms with E-state index < -0.39 is 0 Å². The molecule has 2 heterocycles. The molecular formula is C20H27N3O2. The Balaban J connectivity index is 1.54. The van der Waals surface area contributed by atoms with Crippen LogP contribution in [0.25, 0.3) is 0 Å². The lowest BCUT2D eigenvalue weighted by molar-refractivity contribution is -0.121. The first-order chi connectivity index (χ1) is 12.1. The molecule has 0 unspecified atom stereocenters. The van der Waals surface area contributed by atoms with Gasteiger partial charge in [-0.3, -0.25) is 14.5 Å². The van der Waals surface area contributed by atoms with E-state index in [1.165, 1.54) is 17.5 Å². The predicted octanol–water partition coefficient (Wildman–Crippen LogP) is 1.60. The minimum absolute atomic E-state index is 0.0796. The van der Waals surface area contributed by atoms with Gasteiger partial charge >= 0.3 is 0 Å². The van der Waals surface area contributed by atoms with E-state index in [4.69, 9.17) is 0 Å². The van der Waals surface area contributed by atoms with Gasteiger partial charge in [0.1, 0.15) is 0 Å². The lowest BCUT2D eigenvalue weighted by Gasteiger charge is -2.49. The Hall–Kier alpha value is -1.88. The number of amides is 2. The van der Waals surface area contributed by atoms with Crippen LogP contribution in [0.2, 0.25) is 0 Å². The maximum atomic E-state index is 13.1. The normalized spacial score (nSPS) is 27.1. The summed E-state index contributed by atoms with van der Waals surface area (Å²) in [6, 6.07) is 6.24. The number of hydrogen-bond donors (Lipinski definition) is 1. The zero-order chi connectivity index (χ0) is 17.4. The van der Waals surface area contributed by atoms with Gasteiger partial charge in [0.05, 0.1) is 0 Å². The number of fused-ring (bicyclic) bond motifs is 1. The van der Waals surface area contributed by atoms with Gasteiger partial charge in [-0.1, -0.05) is 6.07 Å². The second-order valence-corrected chi connectivity index (χ2v) is 7.81. The van der Waals surface area contributed by atoms with Gasteiger partial charge in [-0.05, 0) is 62.4 Å². The molecule has 0 saturated carbocycles. The number of carbonyl (C=O) groups excluding carboxylic acids is 2. The van der Waals surface area contributed by atoms with E-state index in [9.17, 15) is 9.59 Å². The Morgan fingerprint density at radius 1 is 1.12 bits per heavy atom. The smallest absolute Gasteiger partial charge is 0.253 e. The van der Waals surface area contributed by atoms with Crippen molar-refractivity contribution in [1.29, 1.82) is 0 Å². The first-order valence-corrected chi connectivity index (χ1v) is 9.46. The third-order valence-electron chi connectivity index (χ3n) is 6.36. The molecule has 0 bridgehead atoms. The van der Waals surface area contributed by atoms with Crippen molar-refractivity contribution in [1.82, 2.24) is 15.1 Å². The molecule has 1 N–H and O–H groups in total. The third kappa shape index (κ3) is 3.06. The van der Waals surface area contributed by atoms with Crippen LogP contribution in [0.15, 0.2) is 18.2 Å². The molecular weight excluding hydrogens is 314 g/mol. The molecule has 1 aromatic carbocycles. The van der Waals surface area contributed by atoms with E-state index in [-0.39, 0.29) is 17.4 Å². The van der Waals surface area contributed by atoms with Gasteiger partial charge in [-0.15, -0.1) is 0 Å². The maximum absolute atomic E-state index is 13.1. The second kappa shape index (κ2) is 6.45. The molecule has 134 valence electrons. The minimum atomic E-state index is -0.0796. The van der Waals surface area contributed by atoms with E-state index in [0.29, 0.717) is 19.5 Å². The van der Waals surface area contributed by atoms with E-state index in [2.05, 4.69) is 29.4 Å². The second-order valence-electron chi connectivity index (χ2n) is 7.81. The molecule has 0 radical (unpaired) electrons. The largest absolute Gasteiger partial charge is 0.356 e. The molecule has 5 nitrogen and oxygen atoms in total. The maximum Gasteiger partial charge on any atom is 0.253 e. The minimum Gasteiger partial charge on any atom is -0.356 e. The van der Waals surface area contributed by atoms with Gasteiger partial charge < -0.3 is 10.2 Å². The fourth-order valence-electron chi connectivity index (χ4n) is 4.66. The predicted molar refractivity (Wildman–Crippen MR) is 96.6 cm³/mol. The van der Waals surface area contributed by atoms with Crippen LogP contribution in [0.4, 0.5) is 0 Å². The van der Waals surface area contributed by atoms with Gasteiger partial charge in [0, 0.05) is 43.7 Å². The number of benzene rings is 1. The quantitative estimate of drug-likeness (QED) is 0.844. The molecule has 25 heavy (non-hydrogen) atoms. The summed E-state index contributed by atoms with van der Waals surface area (Å²) in [5.41, 5.74) is 3.49. The highest BCUT2D eigenvalue weighted by Gasteiger charge is 2.42. The van der Waals surface area contributed by atoms with Crippen LogP contribution in [0.3, 0.4) is 0 Å². The van der Waals surface area contributed by atoms with Gasteiger partial charge in [-0.25, -0.2) is 0 Å². The molecule has 1 spiro atoms. The van der Waals surface area contributed by atoms with Crippen LogP contribution in [-0.4, -0.2) is 60.4 Å². The summed E-state index contributed by atoms with van der Waals surface area (Å²) in [6.07, 6.45) is 5.71. The van der Waals surface area contributed by atoms with E-state index in [0.717, 1.165) is 44.3 Å². The highest BCUT2D eigenvalue weighted by molar-refractivity contribution is 5.94. The number of nitrogens with one attached hydrogen (secondary N) is 1. The van der Waals surface area contributed by atoms with E-state index >= 15 is 0 Å². The zero-order valence-corrected chi connectivity index (χ0v) is 15.0. The van der Waals surface area contributed by atoms with Crippen molar-refractivity contribution in [2.24, 2.45) is 0 Å². The van der Waals surface area contributed by atoms with Crippen molar-refractivity contribution in [2.45, 2.75) is 44.1 Å². The average molecular weight is 341 g/mol. The Labute approximate surface area is 149 Å². The van der Waals surface area contributed by atoms with Crippen LogP contribution in [-0.2, 0) is 17.6 Å². The van der Waals surface area contributed by atoms with Crippen molar-refractivity contribution in [2.75, 3.05) is 33.2 Å². The van der Waals surface area contributed by atoms with E-state index in [1.807, 2.05) is 11.0 Å². The van der Waals surface area contributed by atoms with Gasteiger partial charge in [0.25, 0.3) is 5.91 Å². The summed E-state index contributed by atoms with van der Waals surface area (Å²) in [7, 11) is 2.13. The van der Waals surface area contributed by atoms with Gasteiger partial charge in [0.15, 0.2) is 0 Å². The highest BCUT2D eigenvalue weighted by atomic mass is 16.2. The Morgan fingerprint density at radius 2 is 1.96 bits per heavy atom. The molecule has 1 aromatic rings. The fraction of sp³-hybridized carbons (Fsp3) is 0.600. The molecule has 2 saturated heterocycles. The first-order valence-electron chi connectivity index (χ1n) is 9.46. The van der Waals surface area contributed by atoms with Crippen molar-refractivity contribution < 1.29 is 9.59 Å². The summed E-state index contributed by atoms with van der Waals surface area (Å²) in [6.45, 7) is 3.04. The number of rotatable bonds is 1. The van der Waals surface area contributed by atoms with Crippen molar-refractivity contribution in [3.8, 4) is 0 Å². The SMILES string of the molecule is CN1CCN(C(=O)c2ccc3c(c2)CCC3)C[C@]12CCNC(=O)CC2. The summed E-state index contributed by atoms with van der Waals surface area (Å²) >= 11 is 0. The number of hydrogen-bond acceptors (Lipinski definition) is 3. The van der Waals surface area contributed by atoms with Gasteiger partial charge in [0.2, 0.25) is 5.91 Å². The lowest BCUT2D eigenvalue weighted by Crippen LogP contribution is -2.62. The van der Waals surface area contributed by atoms with Crippen LogP contribution in [0, 0.1) is 0 Å². The summed E-state index contributed by atoms with van der Waals surface area (Å²) in [5.74, 6) is 0.276. The topological polar surface area (TPSA) is 52.6 Å². The Kier molecular flexibility index (Phi) is 4.28. The standard InChI is InChI=1S/C20H27N3O2/c1-22-11-12-23(14-20(22)8-7-18(24)21-10-9-20)19(25)17-6-5-15-3-2-4-16(15)13-17/h5-6,13H,2-4,7-12,14H2,1H3,(H,21,24)/t20-/m0/s1. The molecule has 2 fully saturated rings. The van der Waals surface area contributed by atoms with E-state index in [1.54, 1.807) is 0 Å². The number of nitrogens with zero attached hydrogens (tertiary/aromatic N) is 2. The molecule has 1 aliphatic carbocycles. The van der Waals surface area contributed by atoms with Crippen LogP contribution in [0.1, 0.15) is 47.2 Å². The van der Waals surface area contributed by atoms with Crippen molar-refractivity contribution >= 4 is 11.8 Å². The van der Waals surface area contributed by atoms with Crippen LogP contribution in [0.5, 0.6) is 0 Å². The lowest BCUT2D eigenvalue weighted by atomic mass is 9.86. The van der Waals surface area contributed by atoms with Crippen molar-refractivity contribution in [3.63, 3.8) is 0 Å². The number of carbonyl (C=O) groups is 2. The number of aryl methyl sites for hydroxylation is 2. The summed E-state index contributed by atoms with van der Waals surface area (Å²) in [4.78, 5) is 29.2. The average Bonchev–Trinajstić information content (AvgIpc) is 3.01. The molecule has 3 aliphatic rings. The third-order valence-corrected chi connectivity index (χ3v) is 6.36. The van der Waals surface area contributed by atoms with Crippen LogP contribution >= 0.6 is 0 Å². The molecule has 4 rings (SSSR count). The summed E-state index contributed by atoms with van der Waals surface area (Å²) < 4.78 is 0. The molecule has 1 atom stereocenters.